The van der Waals surface area contributed by atoms with Crippen molar-refractivity contribution < 1.29 is 32.7 Å². The summed E-state index contributed by atoms with van der Waals surface area (Å²) in [5, 5.41) is 12.7. The number of alkyl halides is 3. The lowest BCUT2D eigenvalue weighted by molar-refractivity contribution is -0.137. The highest BCUT2D eigenvalue weighted by atomic mass is 32.1. The minimum absolute atomic E-state index is 0.00478. The van der Waals surface area contributed by atoms with Crippen LogP contribution in [-0.4, -0.2) is 34.3 Å². The second-order valence-electron chi connectivity index (χ2n) is 8.07. The molecule has 1 aliphatic heterocycles. The molecule has 0 saturated heterocycles. The number of fused-ring (bicyclic) bond motifs is 1. The van der Waals surface area contributed by atoms with E-state index in [1.54, 1.807) is 12.1 Å². The van der Waals surface area contributed by atoms with Crippen molar-refractivity contribution in [1.29, 1.82) is 0 Å². The molecule has 0 aliphatic carbocycles. The molecule has 2 N–H and O–H groups in total. The molecule has 3 aromatic rings. The maximum Gasteiger partial charge on any atom is 0.416 e. The zero-order valence-corrected chi connectivity index (χ0v) is 19.4. The highest BCUT2D eigenvalue weighted by molar-refractivity contribution is 7.17. The molecule has 0 fully saturated rings. The number of thiophene rings is 1. The zero-order valence-electron chi connectivity index (χ0n) is 18.6. The summed E-state index contributed by atoms with van der Waals surface area (Å²) in [6, 6.07) is 11.0. The molecule has 0 radical (unpaired) electrons. The number of carbonyl (C=O) groups excluding carboxylic acids is 2. The van der Waals surface area contributed by atoms with Gasteiger partial charge in [0, 0.05) is 22.5 Å². The Kier molecular flexibility index (Phi) is 6.66. The first-order valence-electron chi connectivity index (χ1n) is 10.8. The second-order valence-corrected chi connectivity index (χ2v) is 9.17. The number of nitrogens with zero attached hydrogens (tertiary/aromatic N) is 1. The van der Waals surface area contributed by atoms with E-state index in [0.29, 0.717) is 16.0 Å². The number of aromatic carboxylic acids is 1. The Balaban J connectivity index is 1.54. The van der Waals surface area contributed by atoms with Gasteiger partial charge in [-0.2, -0.15) is 13.2 Å². The number of halogens is 3. The fraction of sp³-hybridized carbons (Fsp3) is 0.240. The summed E-state index contributed by atoms with van der Waals surface area (Å²) in [5.74, 6) is -2.07. The molecule has 10 heteroatoms. The second kappa shape index (κ2) is 9.53. The van der Waals surface area contributed by atoms with Gasteiger partial charge in [0.05, 0.1) is 17.7 Å². The molecule has 2 heterocycles. The van der Waals surface area contributed by atoms with Gasteiger partial charge in [0.2, 0.25) is 0 Å². The van der Waals surface area contributed by atoms with Crippen LogP contribution in [0.15, 0.2) is 48.5 Å². The molecule has 182 valence electrons. The van der Waals surface area contributed by atoms with E-state index in [4.69, 9.17) is 0 Å². The summed E-state index contributed by atoms with van der Waals surface area (Å²) in [6.45, 7) is 2.30. The van der Waals surface area contributed by atoms with E-state index in [1.807, 2.05) is 19.1 Å². The number of nitrogens with one attached hydrogen (secondary N) is 1. The van der Waals surface area contributed by atoms with Crippen molar-refractivity contribution in [2.75, 3.05) is 11.9 Å². The van der Waals surface area contributed by atoms with Gasteiger partial charge >= 0.3 is 12.1 Å². The highest BCUT2D eigenvalue weighted by Gasteiger charge is 2.32. The maximum absolute atomic E-state index is 12.9. The van der Waals surface area contributed by atoms with Crippen molar-refractivity contribution in [3.63, 3.8) is 0 Å². The molecule has 2 aromatic carbocycles. The number of anilines is 1. The standard InChI is InChI=1S/C25H21F3N2O4S/c1-2-14-3-5-15(6-4-14)21(31)29-22-20(24(33)34)18-11-12-30(13-19(18)35-22)23(32)16-7-9-17(10-8-16)25(26,27)28/h3-10H,2,11-13H2,1H3,(H,29,31)(H,33,34). The van der Waals surface area contributed by atoms with E-state index in [0.717, 1.165) is 47.6 Å². The summed E-state index contributed by atoms with van der Waals surface area (Å²) >= 11 is 1.09. The Morgan fingerprint density at radius 2 is 1.66 bits per heavy atom. The first kappa shape index (κ1) is 24.5. The number of carboxylic acid groups (broad SMARTS) is 1. The average molecular weight is 503 g/mol. The van der Waals surface area contributed by atoms with Crippen LogP contribution in [0.3, 0.4) is 0 Å². The van der Waals surface area contributed by atoms with Gasteiger partial charge in [0.15, 0.2) is 0 Å². The van der Waals surface area contributed by atoms with E-state index in [1.165, 1.54) is 4.90 Å². The van der Waals surface area contributed by atoms with Crippen molar-refractivity contribution in [3.05, 3.63) is 86.8 Å². The van der Waals surface area contributed by atoms with Gasteiger partial charge in [-0.25, -0.2) is 4.79 Å². The molecule has 1 aromatic heterocycles. The van der Waals surface area contributed by atoms with Gasteiger partial charge in [0.25, 0.3) is 11.8 Å². The zero-order chi connectivity index (χ0) is 25.3. The number of benzene rings is 2. The van der Waals surface area contributed by atoms with E-state index < -0.39 is 29.5 Å². The Labute approximate surface area is 203 Å². The van der Waals surface area contributed by atoms with Gasteiger partial charge in [-0.1, -0.05) is 19.1 Å². The van der Waals surface area contributed by atoms with E-state index in [9.17, 15) is 32.7 Å². The molecule has 0 spiro atoms. The molecule has 35 heavy (non-hydrogen) atoms. The van der Waals surface area contributed by atoms with E-state index in [-0.39, 0.29) is 35.6 Å². The number of hydrogen-bond acceptors (Lipinski definition) is 4. The van der Waals surface area contributed by atoms with Gasteiger partial charge in [-0.3, -0.25) is 9.59 Å². The molecule has 4 rings (SSSR count). The van der Waals surface area contributed by atoms with Crippen LogP contribution in [0, 0.1) is 0 Å². The Morgan fingerprint density at radius 1 is 1.03 bits per heavy atom. The molecule has 0 atom stereocenters. The summed E-state index contributed by atoms with van der Waals surface area (Å²) in [5.41, 5.74) is 1.28. The minimum Gasteiger partial charge on any atom is -0.478 e. The fourth-order valence-corrected chi connectivity index (χ4v) is 5.19. The van der Waals surface area contributed by atoms with Gasteiger partial charge in [-0.15, -0.1) is 11.3 Å². The van der Waals surface area contributed by atoms with E-state index in [2.05, 4.69) is 5.32 Å². The van der Waals surface area contributed by atoms with Crippen LogP contribution in [0.5, 0.6) is 0 Å². The number of carboxylic acids is 1. The molecule has 0 saturated carbocycles. The normalized spacial score (nSPS) is 13.3. The van der Waals surface area contributed by atoms with Crippen LogP contribution in [0.2, 0.25) is 0 Å². The van der Waals surface area contributed by atoms with Crippen LogP contribution in [0.25, 0.3) is 0 Å². The van der Waals surface area contributed by atoms with Crippen LogP contribution >= 0.6 is 11.3 Å². The predicted octanol–water partition coefficient (Wildman–Crippen LogP) is 5.48. The molecule has 2 amide bonds. The van der Waals surface area contributed by atoms with Crippen LogP contribution < -0.4 is 5.32 Å². The predicted molar refractivity (Wildman–Crippen MR) is 125 cm³/mol. The highest BCUT2D eigenvalue weighted by Crippen LogP contribution is 2.38. The van der Waals surface area contributed by atoms with Crippen LogP contribution in [0.1, 0.15) is 59.6 Å². The third-order valence-electron chi connectivity index (χ3n) is 5.87. The van der Waals surface area contributed by atoms with E-state index >= 15 is 0 Å². The van der Waals surface area contributed by atoms with Crippen molar-refractivity contribution >= 4 is 34.1 Å². The Morgan fingerprint density at radius 3 is 2.23 bits per heavy atom. The third-order valence-corrected chi connectivity index (χ3v) is 7.00. The lowest BCUT2D eigenvalue weighted by Crippen LogP contribution is -2.35. The summed E-state index contributed by atoms with van der Waals surface area (Å²) < 4.78 is 38.4. The van der Waals surface area contributed by atoms with Crippen LogP contribution in [-0.2, 0) is 25.6 Å². The monoisotopic (exact) mass is 502 g/mol. The first-order valence-corrected chi connectivity index (χ1v) is 11.6. The average Bonchev–Trinajstić information content (AvgIpc) is 3.20. The molecular weight excluding hydrogens is 481 g/mol. The SMILES string of the molecule is CCc1ccc(C(=O)Nc2sc3c(c2C(=O)O)CCN(C(=O)c2ccc(C(F)(F)F)cc2)C3)cc1. The molecule has 1 aliphatic rings. The summed E-state index contributed by atoms with van der Waals surface area (Å²) in [6.07, 6.45) is -3.42. The number of rotatable bonds is 5. The Bertz CT molecular complexity index is 1280. The first-order chi connectivity index (χ1) is 16.6. The lowest BCUT2D eigenvalue weighted by Gasteiger charge is -2.27. The number of carbonyl (C=O) groups is 3. The quantitative estimate of drug-likeness (QED) is 0.484. The molecular formula is C25H21F3N2O4S. The van der Waals surface area contributed by atoms with Gasteiger partial charge in [-0.05, 0) is 60.4 Å². The number of aryl methyl sites for hydroxylation is 1. The fourth-order valence-electron chi connectivity index (χ4n) is 3.94. The molecule has 6 nitrogen and oxygen atoms in total. The van der Waals surface area contributed by atoms with Crippen molar-refractivity contribution in [3.8, 4) is 0 Å². The summed E-state index contributed by atoms with van der Waals surface area (Å²) in [4.78, 5) is 39.7. The number of amides is 2. The topological polar surface area (TPSA) is 86.7 Å². The molecule has 0 bridgehead atoms. The van der Waals surface area contributed by atoms with Crippen LogP contribution in [0.4, 0.5) is 18.2 Å². The smallest absolute Gasteiger partial charge is 0.416 e. The largest absolute Gasteiger partial charge is 0.478 e. The minimum atomic E-state index is -4.50. The number of hydrogen-bond donors (Lipinski definition) is 2. The lowest BCUT2D eigenvalue weighted by atomic mass is 10.0. The maximum atomic E-state index is 12.9. The van der Waals surface area contributed by atoms with Crippen molar-refractivity contribution in [1.82, 2.24) is 4.90 Å². The third kappa shape index (κ3) is 5.07. The van der Waals surface area contributed by atoms with Crippen molar-refractivity contribution in [2.24, 2.45) is 0 Å². The Hall–Kier alpha value is -3.66. The van der Waals surface area contributed by atoms with Crippen molar-refractivity contribution in [2.45, 2.75) is 32.5 Å². The van der Waals surface area contributed by atoms with Gasteiger partial charge in [0.1, 0.15) is 5.00 Å². The summed E-state index contributed by atoms with van der Waals surface area (Å²) in [7, 11) is 0. The van der Waals surface area contributed by atoms with Gasteiger partial charge < -0.3 is 15.3 Å². The molecule has 0 unspecified atom stereocenters.